The van der Waals surface area contributed by atoms with Crippen LogP contribution in [0.4, 0.5) is 0 Å². The van der Waals surface area contributed by atoms with Gasteiger partial charge in [0.2, 0.25) is 5.96 Å². The average molecular weight is 257 g/mol. The lowest BCUT2D eigenvalue weighted by Gasteiger charge is -2.17. The van der Waals surface area contributed by atoms with Gasteiger partial charge in [0, 0.05) is 25.8 Å². The van der Waals surface area contributed by atoms with Gasteiger partial charge in [-0.15, -0.1) is 0 Å². The highest BCUT2D eigenvalue weighted by Gasteiger charge is 2.20. The van der Waals surface area contributed by atoms with E-state index in [-0.39, 0.29) is 0 Å². The summed E-state index contributed by atoms with van der Waals surface area (Å²) >= 11 is 0. The molecule has 0 saturated carbocycles. The minimum absolute atomic E-state index is 0.554. The monoisotopic (exact) mass is 257 g/mol. The summed E-state index contributed by atoms with van der Waals surface area (Å²) in [5.41, 5.74) is 2.61. The zero-order chi connectivity index (χ0) is 13.2. The molecule has 106 valence electrons. The molecule has 1 saturated heterocycles. The standard InChI is InChI=1S/C12H27N5O/c1-3-18-9-5-7-14-12(16-13)15-10-11-6-4-8-17(11)2/h11H,3-10,13H2,1-2H3,(H2,14,15,16). The molecule has 0 amide bonds. The maximum atomic E-state index is 5.44. The molecule has 1 aliphatic heterocycles. The fourth-order valence-corrected chi connectivity index (χ4v) is 2.08. The van der Waals surface area contributed by atoms with Gasteiger partial charge in [0.1, 0.15) is 0 Å². The fraction of sp³-hybridized carbons (Fsp3) is 0.917. The van der Waals surface area contributed by atoms with Crippen LogP contribution in [0.15, 0.2) is 4.99 Å². The summed E-state index contributed by atoms with van der Waals surface area (Å²) in [6.45, 7) is 6.34. The zero-order valence-electron chi connectivity index (χ0n) is 11.6. The molecule has 0 aromatic carbocycles. The van der Waals surface area contributed by atoms with E-state index < -0.39 is 0 Å². The minimum Gasteiger partial charge on any atom is -0.382 e. The number of nitrogens with zero attached hydrogens (tertiary/aromatic N) is 2. The summed E-state index contributed by atoms with van der Waals surface area (Å²) in [7, 11) is 2.15. The van der Waals surface area contributed by atoms with Crippen molar-refractivity contribution in [1.29, 1.82) is 0 Å². The lowest BCUT2D eigenvalue weighted by molar-refractivity contribution is 0.145. The highest BCUT2D eigenvalue weighted by molar-refractivity contribution is 5.79. The number of hydrogen-bond acceptors (Lipinski definition) is 4. The molecular formula is C12H27N5O. The van der Waals surface area contributed by atoms with Gasteiger partial charge in [0.05, 0.1) is 6.54 Å². The summed E-state index contributed by atoms with van der Waals surface area (Å²) < 4.78 is 5.27. The van der Waals surface area contributed by atoms with Crippen molar-refractivity contribution in [3.8, 4) is 0 Å². The first-order valence-corrected chi connectivity index (χ1v) is 6.80. The van der Waals surface area contributed by atoms with Crippen molar-refractivity contribution in [3.63, 3.8) is 0 Å². The number of nitrogens with two attached hydrogens (primary N) is 1. The summed E-state index contributed by atoms with van der Waals surface area (Å²) in [5, 5.41) is 3.18. The number of hydrazine groups is 1. The molecule has 1 aliphatic rings. The predicted octanol–water partition coefficient (Wildman–Crippen LogP) is -0.0839. The Labute approximate surface area is 110 Å². The molecule has 0 aromatic rings. The first-order chi connectivity index (χ1) is 8.77. The van der Waals surface area contributed by atoms with Crippen molar-refractivity contribution < 1.29 is 4.74 Å². The average Bonchev–Trinajstić information content (AvgIpc) is 2.78. The van der Waals surface area contributed by atoms with Crippen LogP contribution in [0.5, 0.6) is 0 Å². The molecule has 18 heavy (non-hydrogen) atoms. The Morgan fingerprint density at radius 2 is 2.39 bits per heavy atom. The number of guanidine groups is 1. The van der Waals surface area contributed by atoms with Crippen molar-refractivity contribution in [2.45, 2.75) is 32.2 Å². The molecule has 0 radical (unpaired) electrons. The van der Waals surface area contributed by atoms with Crippen molar-refractivity contribution in [2.75, 3.05) is 39.9 Å². The quantitative estimate of drug-likeness (QED) is 0.195. The maximum Gasteiger partial charge on any atom is 0.205 e. The van der Waals surface area contributed by atoms with Crippen molar-refractivity contribution >= 4 is 5.96 Å². The molecule has 1 atom stereocenters. The van der Waals surface area contributed by atoms with E-state index in [2.05, 4.69) is 27.7 Å². The van der Waals surface area contributed by atoms with E-state index in [0.29, 0.717) is 12.0 Å². The van der Waals surface area contributed by atoms with Crippen LogP contribution in [0.2, 0.25) is 0 Å². The molecule has 0 spiro atoms. The molecule has 0 bridgehead atoms. The van der Waals surface area contributed by atoms with Gasteiger partial charge in [-0.1, -0.05) is 0 Å². The number of likely N-dealkylation sites (N-methyl/N-ethyl adjacent to an activating group) is 1. The topological polar surface area (TPSA) is 74.9 Å². The van der Waals surface area contributed by atoms with Crippen molar-refractivity contribution in [1.82, 2.24) is 15.6 Å². The van der Waals surface area contributed by atoms with E-state index in [9.17, 15) is 0 Å². The van der Waals surface area contributed by atoms with Gasteiger partial charge in [-0.05, 0) is 39.8 Å². The summed E-state index contributed by atoms with van der Waals surface area (Å²) in [4.78, 5) is 6.83. The summed E-state index contributed by atoms with van der Waals surface area (Å²) in [5.74, 6) is 6.12. The molecule has 6 nitrogen and oxygen atoms in total. The SMILES string of the molecule is CCOCCCNC(=NCC1CCCN1C)NN. The Morgan fingerprint density at radius 1 is 1.56 bits per heavy atom. The van der Waals surface area contributed by atoms with Crippen LogP contribution < -0.4 is 16.6 Å². The van der Waals surface area contributed by atoms with Crippen LogP contribution in [-0.4, -0.2) is 56.8 Å². The van der Waals surface area contributed by atoms with E-state index in [1.807, 2.05) is 6.92 Å². The predicted molar refractivity (Wildman–Crippen MR) is 74.4 cm³/mol. The van der Waals surface area contributed by atoms with E-state index in [4.69, 9.17) is 10.6 Å². The molecule has 4 N–H and O–H groups in total. The Balaban J connectivity index is 2.18. The first-order valence-electron chi connectivity index (χ1n) is 6.80. The first kappa shape index (κ1) is 15.2. The van der Waals surface area contributed by atoms with Crippen LogP contribution in [0, 0.1) is 0 Å². The molecular weight excluding hydrogens is 230 g/mol. The molecule has 0 aromatic heterocycles. The van der Waals surface area contributed by atoms with Gasteiger partial charge in [-0.25, -0.2) is 5.84 Å². The van der Waals surface area contributed by atoms with Crippen LogP contribution in [0.3, 0.4) is 0 Å². The van der Waals surface area contributed by atoms with Crippen LogP contribution in [-0.2, 0) is 4.74 Å². The lowest BCUT2D eigenvalue weighted by Crippen LogP contribution is -2.43. The third-order valence-corrected chi connectivity index (χ3v) is 3.23. The summed E-state index contributed by atoms with van der Waals surface area (Å²) in [6, 6.07) is 0.554. The number of rotatable bonds is 7. The number of aliphatic imine (C=N–C) groups is 1. The Bertz CT molecular complexity index is 247. The highest BCUT2D eigenvalue weighted by atomic mass is 16.5. The maximum absolute atomic E-state index is 5.44. The molecule has 6 heteroatoms. The number of hydrogen-bond donors (Lipinski definition) is 3. The number of nitrogens with one attached hydrogen (secondary N) is 2. The molecule has 1 rings (SSSR count). The molecule has 1 heterocycles. The third kappa shape index (κ3) is 5.66. The van der Waals surface area contributed by atoms with E-state index in [0.717, 1.165) is 32.7 Å². The largest absolute Gasteiger partial charge is 0.382 e. The van der Waals surface area contributed by atoms with Crippen molar-refractivity contribution in [3.05, 3.63) is 0 Å². The van der Waals surface area contributed by atoms with E-state index in [1.165, 1.54) is 19.4 Å². The Hall–Kier alpha value is -0.850. The Morgan fingerprint density at radius 3 is 3.00 bits per heavy atom. The third-order valence-electron chi connectivity index (χ3n) is 3.23. The van der Waals surface area contributed by atoms with Gasteiger partial charge in [0.25, 0.3) is 0 Å². The summed E-state index contributed by atoms with van der Waals surface area (Å²) in [6.07, 6.45) is 3.45. The van der Waals surface area contributed by atoms with Gasteiger partial charge in [-0.2, -0.15) is 0 Å². The molecule has 1 fully saturated rings. The number of likely N-dealkylation sites (tertiary alicyclic amines) is 1. The second-order valence-electron chi connectivity index (χ2n) is 4.59. The smallest absolute Gasteiger partial charge is 0.205 e. The Kier molecular flexibility index (Phi) is 7.71. The molecule has 0 aliphatic carbocycles. The van der Waals surface area contributed by atoms with Crippen LogP contribution >= 0.6 is 0 Å². The van der Waals surface area contributed by atoms with Gasteiger partial charge in [-0.3, -0.25) is 10.4 Å². The van der Waals surface area contributed by atoms with Gasteiger partial charge < -0.3 is 15.0 Å². The number of ether oxygens (including phenoxy) is 1. The normalized spacial score (nSPS) is 21.3. The van der Waals surface area contributed by atoms with Crippen LogP contribution in [0.25, 0.3) is 0 Å². The van der Waals surface area contributed by atoms with Crippen molar-refractivity contribution in [2.24, 2.45) is 10.8 Å². The molecule has 1 unspecified atom stereocenters. The zero-order valence-corrected chi connectivity index (χ0v) is 11.6. The second kappa shape index (κ2) is 9.13. The van der Waals surface area contributed by atoms with Gasteiger partial charge >= 0.3 is 0 Å². The highest BCUT2D eigenvalue weighted by Crippen LogP contribution is 2.14. The van der Waals surface area contributed by atoms with Crippen LogP contribution in [0.1, 0.15) is 26.2 Å². The van der Waals surface area contributed by atoms with E-state index in [1.54, 1.807) is 0 Å². The van der Waals surface area contributed by atoms with E-state index >= 15 is 0 Å². The van der Waals surface area contributed by atoms with Gasteiger partial charge in [0.15, 0.2) is 0 Å². The fourth-order valence-electron chi connectivity index (χ4n) is 2.08. The second-order valence-corrected chi connectivity index (χ2v) is 4.59. The minimum atomic E-state index is 0.554. The lowest BCUT2D eigenvalue weighted by atomic mass is 10.2.